The third-order valence-corrected chi connectivity index (χ3v) is 3.26. The first-order chi connectivity index (χ1) is 9.58. The van der Waals surface area contributed by atoms with Crippen molar-refractivity contribution in [2.45, 2.75) is 33.9 Å². The Morgan fingerprint density at radius 1 is 0.900 bits per heavy atom. The number of rotatable bonds is 5. The van der Waals surface area contributed by atoms with Crippen molar-refractivity contribution in [3.63, 3.8) is 0 Å². The summed E-state index contributed by atoms with van der Waals surface area (Å²) in [5.41, 5.74) is 6.25. The quantitative estimate of drug-likeness (QED) is 0.888. The lowest BCUT2D eigenvalue weighted by Gasteiger charge is -2.13. The zero-order chi connectivity index (χ0) is 14.5. The van der Waals surface area contributed by atoms with Gasteiger partial charge in [-0.25, -0.2) is 0 Å². The topological polar surface area (TPSA) is 21.3 Å². The summed E-state index contributed by atoms with van der Waals surface area (Å²) >= 11 is 0. The number of nitrogens with one attached hydrogen (secondary N) is 1. The highest BCUT2D eigenvalue weighted by Crippen LogP contribution is 2.21. The van der Waals surface area contributed by atoms with Gasteiger partial charge in [0.1, 0.15) is 12.4 Å². The number of benzene rings is 2. The molecule has 0 spiro atoms. The van der Waals surface area contributed by atoms with Crippen LogP contribution in [0.5, 0.6) is 5.75 Å². The van der Waals surface area contributed by atoms with Crippen LogP contribution >= 0.6 is 0 Å². The van der Waals surface area contributed by atoms with Crippen LogP contribution in [0.15, 0.2) is 36.4 Å². The van der Waals surface area contributed by atoms with E-state index in [1.165, 1.54) is 27.8 Å². The van der Waals surface area contributed by atoms with Crippen LogP contribution in [0.2, 0.25) is 0 Å². The summed E-state index contributed by atoms with van der Waals surface area (Å²) in [5.74, 6) is 0.962. The first kappa shape index (κ1) is 14.6. The lowest BCUT2D eigenvalue weighted by atomic mass is 10.1. The fourth-order valence-corrected chi connectivity index (χ4v) is 2.49. The molecular formula is C18H23NO. The Morgan fingerprint density at radius 3 is 2.25 bits per heavy atom. The van der Waals surface area contributed by atoms with E-state index in [9.17, 15) is 0 Å². The molecule has 0 radical (unpaired) electrons. The average molecular weight is 269 g/mol. The molecule has 0 saturated heterocycles. The maximum atomic E-state index is 6.00. The summed E-state index contributed by atoms with van der Waals surface area (Å²) in [4.78, 5) is 0. The molecule has 0 amide bonds. The predicted molar refractivity (Wildman–Crippen MR) is 84.2 cm³/mol. The van der Waals surface area contributed by atoms with Crippen molar-refractivity contribution >= 4 is 0 Å². The normalized spacial score (nSPS) is 10.6. The fourth-order valence-electron chi connectivity index (χ4n) is 2.49. The van der Waals surface area contributed by atoms with Crippen LogP contribution in [-0.2, 0) is 13.2 Å². The molecule has 2 aromatic rings. The SMILES string of the molecule is CNCc1cc(C)ccc1OCc1cc(C)cc(C)c1. The molecular weight excluding hydrogens is 246 g/mol. The molecule has 2 rings (SSSR count). The van der Waals surface area contributed by atoms with Crippen molar-refractivity contribution in [2.75, 3.05) is 7.05 Å². The molecule has 2 heteroatoms. The van der Waals surface area contributed by atoms with E-state index in [1.54, 1.807) is 0 Å². The second kappa shape index (κ2) is 6.58. The van der Waals surface area contributed by atoms with E-state index in [0.29, 0.717) is 6.61 Å². The molecule has 1 N–H and O–H groups in total. The summed E-state index contributed by atoms with van der Waals surface area (Å²) in [6.45, 7) is 7.78. The van der Waals surface area contributed by atoms with Gasteiger partial charge in [-0.15, -0.1) is 0 Å². The Balaban J connectivity index is 2.13. The molecule has 0 saturated carbocycles. The third kappa shape index (κ3) is 3.84. The maximum Gasteiger partial charge on any atom is 0.124 e. The molecule has 0 fully saturated rings. The van der Waals surface area contributed by atoms with Crippen molar-refractivity contribution in [2.24, 2.45) is 0 Å². The minimum absolute atomic E-state index is 0.613. The molecule has 0 heterocycles. The fraction of sp³-hybridized carbons (Fsp3) is 0.333. The number of aryl methyl sites for hydroxylation is 3. The minimum atomic E-state index is 0.613. The second-order valence-electron chi connectivity index (χ2n) is 5.43. The molecule has 0 unspecified atom stereocenters. The highest BCUT2D eigenvalue weighted by atomic mass is 16.5. The Morgan fingerprint density at radius 2 is 1.60 bits per heavy atom. The maximum absolute atomic E-state index is 6.00. The third-order valence-electron chi connectivity index (χ3n) is 3.26. The van der Waals surface area contributed by atoms with Crippen LogP contribution in [0.25, 0.3) is 0 Å². The highest BCUT2D eigenvalue weighted by molar-refractivity contribution is 5.37. The van der Waals surface area contributed by atoms with Crippen molar-refractivity contribution in [1.82, 2.24) is 5.32 Å². The van der Waals surface area contributed by atoms with Crippen LogP contribution in [-0.4, -0.2) is 7.05 Å². The molecule has 2 aromatic carbocycles. The van der Waals surface area contributed by atoms with Crippen molar-refractivity contribution in [3.05, 3.63) is 64.2 Å². The molecule has 0 bridgehead atoms. The number of hydrogen-bond donors (Lipinski definition) is 1. The molecule has 0 aromatic heterocycles. The van der Waals surface area contributed by atoms with Gasteiger partial charge in [-0.2, -0.15) is 0 Å². The van der Waals surface area contributed by atoms with Crippen LogP contribution in [0.1, 0.15) is 27.8 Å². The van der Waals surface area contributed by atoms with E-state index < -0.39 is 0 Å². The molecule has 0 atom stereocenters. The van der Waals surface area contributed by atoms with Gasteiger partial charge in [0.15, 0.2) is 0 Å². The van der Waals surface area contributed by atoms with Crippen LogP contribution in [0, 0.1) is 20.8 Å². The monoisotopic (exact) mass is 269 g/mol. The van der Waals surface area contributed by atoms with Gasteiger partial charge in [-0.1, -0.05) is 47.0 Å². The summed E-state index contributed by atoms with van der Waals surface area (Å²) < 4.78 is 6.00. The predicted octanol–water partition coefficient (Wildman–Crippen LogP) is 3.91. The Bertz CT molecular complexity index is 570. The first-order valence-electron chi connectivity index (χ1n) is 7.02. The minimum Gasteiger partial charge on any atom is -0.489 e. The summed E-state index contributed by atoms with van der Waals surface area (Å²) in [6.07, 6.45) is 0. The van der Waals surface area contributed by atoms with E-state index in [0.717, 1.165) is 12.3 Å². The molecule has 0 aliphatic carbocycles. The Hall–Kier alpha value is -1.80. The van der Waals surface area contributed by atoms with Crippen LogP contribution < -0.4 is 10.1 Å². The zero-order valence-electron chi connectivity index (χ0n) is 12.8. The smallest absolute Gasteiger partial charge is 0.124 e. The van der Waals surface area contributed by atoms with Gasteiger partial charge in [0, 0.05) is 12.1 Å². The van der Waals surface area contributed by atoms with Crippen LogP contribution in [0.4, 0.5) is 0 Å². The van der Waals surface area contributed by atoms with E-state index in [1.807, 2.05) is 7.05 Å². The van der Waals surface area contributed by atoms with E-state index >= 15 is 0 Å². The summed E-state index contributed by atoms with van der Waals surface area (Å²) in [6, 6.07) is 12.9. The van der Waals surface area contributed by atoms with Crippen molar-refractivity contribution in [3.8, 4) is 5.75 Å². The molecule has 106 valence electrons. The van der Waals surface area contributed by atoms with Gasteiger partial charge >= 0.3 is 0 Å². The molecule has 0 aliphatic heterocycles. The first-order valence-corrected chi connectivity index (χ1v) is 7.02. The lowest BCUT2D eigenvalue weighted by Crippen LogP contribution is -2.08. The average Bonchev–Trinajstić information content (AvgIpc) is 2.37. The second-order valence-corrected chi connectivity index (χ2v) is 5.43. The number of hydrogen-bond acceptors (Lipinski definition) is 2. The standard InChI is InChI=1S/C18H23NO/c1-13-5-6-18(17(10-13)11-19-4)20-12-16-8-14(2)7-15(3)9-16/h5-10,19H,11-12H2,1-4H3. The largest absolute Gasteiger partial charge is 0.489 e. The van der Waals surface area contributed by atoms with Gasteiger partial charge < -0.3 is 10.1 Å². The van der Waals surface area contributed by atoms with E-state index in [2.05, 4.69) is 62.5 Å². The molecule has 2 nitrogen and oxygen atoms in total. The van der Waals surface area contributed by atoms with Gasteiger partial charge in [0.2, 0.25) is 0 Å². The zero-order valence-corrected chi connectivity index (χ0v) is 12.8. The lowest BCUT2D eigenvalue weighted by molar-refractivity contribution is 0.302. The van der Waals surface area contributed by atoms with Crippen molar-refractivity contribution < 1.29 is 4.74 Å². The summed E-state index contributed by atoms with van der Waals surface area (Å²) in [5, 5.41) is 3.19. The van der Waals surface area contributed by atoms with Gasteiger partial charge in [-0.05, 0) is 39.4 Å². The van der Waals surface area contributed by atoms with Crippen LogP contribution in [0.3, 0.4) is 0 Å². The summed E-state index contributed by atoms with van der Waals surface area (Å²) in [7, 11) is 1.95. The number of ether oxygens (including phenoxy) is 1. The highest BCUT2D eigenvalue weighted by Gasteiger charge is 2.04. The molecule has 20 heavy (non-hydrogen) atoms. The van der Waals surface area contributed by atoms with Crippen molar-refractivity contribution in [1.29, 1.82) is 0 Å². The van der Waals surface area contributed by atoms with E-state index in [-0.39, 0.29) is 0 Å². The van der Waals surface area contributed by atoms with Gasteiger partial charge in [0.25, 0.3) is 0 Å². The van der Waals surface area contributed by atoms with E-state index in [4.69, 9.17) is 4.74 Å². The van der Waals surface area contributed by atoms with Gasteiger partial charge in [0.05, 0.1) is 0 Å². The Kier molecular flexibility index (Phi) is 4.80. The molecule has 0 aliphatic rings. The Labute approximate surface area is 121 Å². The van der Waals surface area contributed by atoms with Gasteiger partial charge in [-0.3, -0.25) is 0 Å².